The van der Waals surface area contributed by atoms with E-state index in [1.54, 1.807) is 55.5 Å². The summed E-state index contributed by atoms with van der Waals surface area (Å²) in [6.45, 7) is 5.35. The first-order valence-corrected chi connectivity index (χ1v) is 19.1. The highest BCUT2D eigenvalue weighted by Crippen LogP contribution is 2.37. The fourth-order valence-corrected chi connectivity index (χ4v) is 7.70. The molecule has 298 valence electrons. The van der Waals surface area contributed by atoms with Crippen molar-refractivity contribution in [3.63, 3.8) is 0 Å². The average molecular weight is 779 g/mol. The summed E-state index contributed by atoms with van der Waals surface area (Å²) in [5.41, 5.74) is 8.01. The Bertz CT molecular complexity index is 2170. The quantitative estimate of drug-likeness (QED) is 0.183. The maximum atomic E-state index is 13.0. The molecule has 0 radical (unpaired) electrons. The summed E-state index contributed by atoms with van der Waals surface area (Å²) >= 11 is 0. The highest BCUT2D eigenvalue weighted by atomic mass is 19.1. The van der Waals surface area contributed by atoms with Crippen LogP contribution in [0.2, 0.25) is 0 Å². The van der Waals surface area contributed by atoms with Gasteiger partial charge in [0.25, 0.3) is 5.91 Å². The lowest BCUT2D eigenvalue weighted by Gasteiger charge is -2.43. The topological polar surface area (TPSA) is 160 Å². The molecule has 3 aromatic carbocycles. The van der Waals surface area contributed by atoms with Crippen molar-refractivity contribution in [3.05, 3.63) is 102 Å². The summed E-state index contributed by atoms with van der Waals surface area (Å²) in [4.78, 5) is 54.7. The van der Waals surface area contributed by atoms with E-state index in [9.17, 15) is 18.8 Å². The van der Waals surface area contributed by atoms with Crippen LogP contribution in [0.25, 0.3) is 10.9 Å². The van der Waals surface area contributed by atoms with Gasteiger partial charge in [-0.2, -0.15) is 4.98 Å². The van der Waals surface area contributed by atoms with Crippen molar-refractivity contribution in [2.24, 2.45) is 0 Å². The molecular formula is C42H47FN8O6. The van der Waals surface area contributed by atoms with Crippen LogP contribution in [0.5, 0.6) is 11.5 Å². The third-order valence-electron chi connectivity index (χ3n) is 10.9. The minimum atomic E-state index is -0.470. The van der Waals surface area contributed by atoms with Crippen LogP contribution >= 0.6 is 0 Å². The third-order valence-corrected chi connectivity index (χ3v) is 10.9. The number of benzene rings is 3. The second-order valence-corrected chi connectivity index (χ2v) is 14.2. The molecule has 3 fully saturated rings. The molecule has 3 saturated heterocycles. The summed E-state index contributed by atoms with van der Waals surface area (Å²) in [5, 5.41) is 3.72. The van der Waals surface area contributed by atoms with E-state index in [0.29, 0.717) is 84.8 Å². The van der Waals surface area contributed by atoms with Crippen LogP contribution in [0.4, 0.5) is 21.8 Å². The second-order valence-electron chi connectivity index (χ2n) is 14.2. The third kappa shape index (κ3) is 8.48. The van der Waals surface area contributed by atoms with Crippen LogP contribution in [0.15, 0.2) is 89.5 Å². The fraction of sp³-hybridized carbons (Fsp3) is 0.357. The number of carbonyl (C=O) groups is 3. The van der Waals surface area contributed by atoms with Crippen LogP contribution in [0.3, 0.4) is 0 Å². The lowest BCUT2D eigenvalue weighted by Crippen LogP contribution is -2.56. The standard InChI is InChI=1S/C23H26FN3O2.C19H21N5O4/c24-19-10-8-18(9-11-19)21(28)7-4-14-26-15-12-23(13-16-26)22(29)25-17-27(23)20-5-2-1-3-6-20;1-26-15-10-12-13(11-16(15)27-2)21-19(22-17(12)20)24-7-5-23(6-8-24)18(25)14-4-3-9-28-14/h1-3,5-6,8-11H,4,7,12-17H2,(H,25,29);3-4,9-11H,5-8H2,1-2H3,(H2,20,21,22). The number of nitrogens with zero attached hydrogens (tertiary/aromatic N) is 6. The fourth-order valence-electron chi connectivity index (χ4n) is 7.70. The monoisotopic (exact) mass is 778 g/mol. The van der Waals surface area contributed by atoms with Crippen LogP contribution in [-0.2, 0) is 4.79 Å². The number of rotatable bonds is 10. The van der Waals surface area contributed by atoms with Crippen molar-refractivity contribution in [3.8, 4) is 11.5 Å². The Balaban J connectivity index is 0.000000174. The average Bonchev–Trinajstić information content (AvgIpc) is 3.90. The van der Waals surface area contributed by atoms with Gasteiger partial charge in [-0.3, -0.25) is 14.4 Å². The molecule has 14 nitrogen and oxygen atoms in total. The Labute approximate surface area is 330 Å². The summed E-state index contributed by atoms with van der Waals surface area (Å²) in [6.07, 6.45) is 4.26. The Kier molecular flexibility index (Phi) is 11.8. The molecule has 5 aromatic rings. The van der Waals surface area contributed by atoms with Gasteiger partial charge in [0.05, 0.1) is 32.7 Å². The maximum Gasteiger partial charge on any atom is 0.289 e. The maximum absolute atomic E-state index is 13.0. The molecule has 1 spiro atoms. The van der Waals surface area contributed by atoms with Crippen LogP contribution in [0, 0.1) is 5.82 Å². The van der Waals surface area contributed by atoms with Gasteiger partial charge in [0, 0.05) is 68.4 Å². The van der Waals surface area contributed by atoms with E-state index in [2.05, 4.69) is 37.2 Å². The molecule has 15 heteroatoms. The number of piperidine rings is 1. The Morgan fingerprint density at radius 2 is 1.60 bits per heavy atom. The molecule has 2 amide bonds. The van der Waals surface area contributed by atoms with E-state index >= 15 is 0 Å². The number of methoxy groups -OCH3 is 2. The van der Waals surface area contributed by atoms with Crippen LogP contribution in [-0.4, -0.2) is 110 Å². The summed E-state index contributed by atoms with van der Waals surface area (Å²) in [7, 11) is 3.14. The van der Waals surface area contributed by atoms with E-state index in [1.807, 2.05) is 23.1 Å². The molecular weight excluding hydrogens is 732 g/mol. The molecule has 0 unspecified atom stereocenters. The number of Topliss-reactive ketones (excluding diaryl/α,β-unsaturated/α-hetero) is 1. The number of carbonyl (C=O) groups excluding carboxylic acids is 3. The number of ketones is 1. The van der Waals surface area contributed by atoms with Gasteiger partial charge in [-0.1, -0.05) is 18.2 Å². The summed E-state index contributed by atoms with van der Waals surface area (Å²) < 4.78 is 28.9. The zero-order chi connectivity index (χ0) is 39.9. The number of piperazine rings is 1. The minimum Gasteiger partial charge on any atom is -0.493 e. The van der Waals surface area contributed by atoms with Crippen molar-refractivity contribution in [1.29, 1.82) is 0 Å². The van der Waals surface area contributed by atoms with Gasteiger partial charge in [0.1, 0.15) is 17.2 Å². The zero-order valence-corrected chi connectivity index (χ0v) is 32.2. The van der Waals surface area contributed by atoms with Crippen molar-refractivity contribution < 1.29 is 32.7 Å². The van der Waals surface area contributed by atoms with Gasteiger partial charge in [-0.05, 0) is 80.4 Å². The number of hydrogen-bond donors (Lipinski definition) is 2. The molecule has 0 aliphatic carbocycles. The Morgan fingerprint density at radius 3 is 2.26 bits per heavy atom. The Hall–Kier alpha value is -6.22. The molecule has 57 heavy (non-hydrogen) atoms. The van der Waals surface area contributed by atoms with Gasteiger partial charge >= 0.3 is 0 Å². The number of nitrogens with one attached hydrogen (secondary N) is 1. The molecule has 0 bridgehead atoms. The molecule has 3 aliphatic rings. The number of anilines is 3. The Morgan fingerprint density at radius 1 is 0.895 bits per heavy atom. The van der Waals surface area contributed by atoms with Gasteiger partial charge in [-0.25, -0.2) is 9.37 Å². The zero-order valence-electron chi connectivity index (χ0n) is 32.2. The van der Waals surface area contributed by atoms with Gasteiger partial charge in [-0.15, -0.1) is 0 Å². The number of amides is 2. The number of aromatic nitrogens is 2. The number of hydrogen-bond acceptors (Lipinski definition) is 12. The predicted octanol–water partition coefficient (Wildman–Crippen LogP) is 5.00. The van der Waals surface area contributed by atoms with E-state index in [0.717, 1.165) is 44.6 Å². The van der Waals surface area contributed by atoms with Crippen molar-refractivity contribution in [2.75, 3.05) is 82.2 Å². The van der Waals surface area contributed by atoms with Crippen LogP contribution < -0.4 is 30.3 Å². The first-order chi connectivity index (χ1) is 27.7. The number of nitrogen functional groups attached to an aromatic ring is 1. The highest BCUT2D eigenvalue weighted by Gasteiger charge is 2.50. The van der Waals surface area contributed by atoms with E-state index in [4.69, 9.17) is 19.6 Å². The molecule has 0 saturated carbocycles. The summed E-state index contributed by atoms with van der Waals surface area (Å²) in [6, 6.07) is 22.7. The van der Waals surface area contributed by atoms with Crippen molar-refractivity contribution in [2.45, 2.75) is 31.2 Å². The molecule has 3 N–H and O–H groups in total. The number of fused-ring (bicyclic) bond motifs is 1. The largest absolute Gasteiger partial charge is 0.493 e. The van der Waals surface area contributed by atoms with E-state index in [-0.39, 0.29) is 23.4 Å². The number of para-hydroxylation sites is 1. The molecule has 2 aromatic heterocycles. The second kappa shape index (κ2) is 17.3. The smallest absolute Gasteiger partial charge is 0.289 e. The number of furan rings is 1. The lowest BCUT2D eigenvalue weighted by molar-refractivity contribution is -0.125. The number of likely N-dealkylation sites (tertiary alicyclic amines) is 1. The predicted molar refractivity (Wildman–Crippen MR) is 214 cm³/mol. The van der Waals surface area contributed by atoms with Crippen molar-refractivity contribution >= 4 is 46.0 Å². The number of nitrogens with two attached hydrogens (primary N) is 1. The number of ether oxygens (including phenoxy) is 2. The van der Waals surface area contributed by atoms with Crippen molar-refractivity contribution in [1.82, 2.24) is 25.1 Å². The SMILES string of the molecule is COc1cc2nc(N3CCN(C(=O)c4ccco4)CC3)nc(N)c2cc1OC.O=C(CCCN1CCC2(CC1)C(=O)NCN2c1ccccc1)c1ccc(F)cc1. The van der Waals surface area contributed by atoms with Gasteiger partial charge in [0.2, 0.25) is 11.9 Å². The minimum absolute atomic E-state index is 0.0453. The number of halogens is 1. The normalized spacial score (nSPS) is 16.6. The first-order valence-electron chi connectivity index (χ1n) is 19.1. The molecule has 5 heterocycles. The highest BCUT2D eigenvalue weighted by molar-refractivity contribution is 5.96. The lowest BCUT2D eigenvalue weighted by atomic mass is 9.85. The van der Waals surface area contributed by atoms with E-state index < -0.39 is 5.54 Å². The molecule has 0 atom stereocenters. The van der Waals surface area contributed by atoms with Crippen LogP contribution in [0.1, 0.15) is 46.6 Å². The van der Waals surface area contributed by atoms with E-state index in [1.165, 1.54) is 18.4 Å². The van der Waals surface area contributed by atoms with Gasteiger partial charge < -0.3 is 44.5 Å². The summed E-state index contributed by atoms with van der Waals surface area (Å²) in [5.74, 6) is 2.12. The first kappa shape index (κ1) is 39.0. The molecule has 8 rings (SSSR count). The van der Waals surface area contributed by atoms with Gasteiger partial charge in [0.15, 0.2) is 23.0 Å². The molecule has 3 aliphatic heterocycles.